The minimum Gasteiger partial charge on any atom is -0.497 e. The maximum Gasteiger partial charge on any atom is 0.124 e. The van der Waals surface area contributed by atoms with Crippen molar-refractivity contribution in [2.24, 2.45) is 7.05 Å². The van der Waals surface area contributed by atoms with E-state index >= 15 is 0 Å². The summed E-state index contributed by atoms with van der Waals surface area (Å²) in [4.78, 5) is 4.61. The van der Waals surface area contributed by atoms with Gasteiger partial charge in [-0.25, -0.2) is 0 Å². The summed E-state index contributed by atoms with van der Waals surface area (Å²) in [5, 5.41) is 9.92. The van der Waals surface area contributed by atoms with Crippen molar-refractivity contribution in [2.75, 3.05) is 19.5 Å². The van der Waals surface area contributed by atoms with Crippen LogP contribution < -0.4 is 25.4 Å². The van der Waals surface area contributed by atoms with Gasteiger partial charge < -0.3 is 14.8 Å². The van der Waals surface area contributed by atoms with Gasteiger partial charge in [0.25, 0.3) is 0 Å². The average molecular weight is 362 g/mol. The van der Waals surface area contributed by atoms with Gasteiger partial charge in [-0.1, -0.05) is 12.2 Å². The number of rotatable bonds is 5. The highest BCUT2D eigenvalue weighted by molar-refractivity contribution is 5.63. The summed E-state index contributed by atoms with van der Waals surface area (Å²) in [5.74, 6) is 1.52. The number of benzene rings is 1. The summed E-state index contributed by atoms with van der Waals surface area (Å²) in [6.07, 6.45) is 11.0. The zero-order valence-corrected chi connectivity index (χ0v) is 15.6. The molecule has 1 atom stereocenters. The van der Waals surface area contributed by atoms with Gasteiger partial charge in [0.15, 0.2) is 0 Å². The van der Waals surface area contributed by atoms with Crippen molar-refractivity contribution >= 4 is 17.8 Å². The van der Waals surface area contributed by atoms with Crippen molar-refractivity contribution in [3.63, 3.8) is 0 Å². The fourth-order valence-electron chi connectivity index (χ4n) is 3.25. The fourth-order valence-corrected chi connectivity index (χ4v) is 3.25. The first-order chi connectivity index (χ1) is 13.1. The van der Waals surface area contributed by atoms with Crippen LogP contribution in [-0.4, -0.2) is 35.0 Å². The van der Waals surface area contributed by atoms with Gasteiger partial charge in [-0.3, -0.25) is 9.67 Å². The molecular weight excluding hydrogens is 340 g/mol. The van der Waals surface area contributed by atoms with Crippen LogP contribution in [0, 0.1) is 0 Å². The number of pyridine rings is 1. The maximum atomic E-state index is 5.35. The zero-order chi connectivity index (χ0) is 18.8. The van der Waals surface area contributed by atoms with Crippen LogP contribution in [-0.2, 0) is 7.05 Å². The Bertz CT molecular complexity index is 1070. The molecule has 2 heterocycles. The number of anilines is 1. The van der Waals surface area contributed by atoms with E-state index < -0.39 is 0 Å². The van der Waals surface area contributed by atoms with Crippen LogP contribution in [0.15, 0.2) is 42.9 Å². The van der Waals surface area contributed by atoms with E-state index in [0.717, 1.165) is 45.3 Å². The van der Waals surface area contributed by atoms with Crippen LogP contribution in [0.3, 0.4) is 0 Å². The van der Waals surface area contributed by atoms with E-state index in [1.165, 1.54) is 0 Å². The van der Waals surface area contributed by atoms with Crippen LogP contribution >= 0.6 is 0 Å². The summed E-state index contributed by atoms with van der Waals surface area (Å²) in [5.41, 5.74) is 3.09. The molecule has 138 valence electrons. The van der Waals surface area contributed by atoms with Gasteiger partial charge in [-0.2, -0.15) is 5.10 Å². The molecule has 2 aromatic heterocycles. The molecule has 0 radical (unpaired) electrons. The molecule has 0 spiro atoms. The monoisotopic (exact) mass is 362 g/mol. The Morgan fingerprint density at radius 3 is 2.48 bits per heavy atom. The lowest BCUT2D eigenvalue weighted by molar-refractivity contribution is 0.394. The molecule has 27 heavy (non-hydrogen) atoms. The fraction of sp³-hybridized carbons (Fsp3) is 0.238. The van der Waals surface area contributed by atoms with E-state index in [1.54, 1.807) is 18.9 Å². The van der Waals surface area contributed by atoms with Gasteiger partial charge >= 0.3 is 0 Å². The molecule has 4 rings (SSSR count). The van der Waals surface area contributed by atoms with Crippen molar-refractivity contribution < 1.29 is 9.47 Å². The summed E-state index contributed by atoms with van der Waals surface area (Å²) < 4.78 is 12.5. The van der Waals surface area contributed by atoms with Crippen LogP contribution in [0.25, 0.3) is 23.3 Å². The van der Waals surface area contributed by atoms with E-state index in [0.29, 0.717) is 0 Å². The van der Waals surface area contributed by atoms with Crippen LogP contribution in [0.2, 0.25) is 0 Å². The van der Waals surface area contributed by atoms with Crippen molar-refractivity contribution in [3.8, 4) is 22.6 Å². The van der Waals surface area contributed by atoms with E-state index in [1.807, 2.05) is 43.8 Å². The van der Waals surface area contributed by atoms with E-state index in [4.69, 9.17) is 9.47 Å². The lowest BCUT2D eigenvalue weighted by Gasteiger charge is -2.18. The summed E-state index contributed by atoms with van der Waals surface area (Å²) in [6, 6.07) is 8.13. The summed E-state index contributed by atoms with van der Waals surface area (Å²) in [6.45, 7) is 0. The third-order valence-electron chi connectivity index (χ3n) is 4.64. The van der Waals surface area contributed by atoms with Gasteiger partial charge in [-0.15, -0.1) is 0 Å². The quantitative estimate of drug-likeness (QED) is 0.752. The number of nitrogens with zero attached hydrogens (tertiary/aromatic N) is 3. The van der Waals surface area contributed by atoms with Crippen molar-refractivity contribution in [1.29, 1.82) is 0 Å². The van der Waals surface area contributed by atoms with E-state index in [2.05, 4.69) is 33.6 Å². The molecule has 0 saturated carbocycles. The predicted octanol–water partition coefficient (Wildman–Crippen LogP) is 1.94. The van der Waals surface area contributed by atoms with E-state index in [-0.39, 0.29) is 6.04 Å². The number of ether oxygens (including phenoxy) is 2. The molecule has 3 aromatic rings. The summed E-state index contributed by atoms with van der Waals surface area (Å²) >= 11 is 0. The van der Waals surface area contributed by atoms with Crippen molar-refractivity contribution in [1.82, 2.24) is 14.8 Å². The van der Waals surface area contributed by atoms with Crippen molar-refractivity contribution in [3.05, 3.63) is 53.4 Å². The third-order valence-corrected chi connectivity index (χ3v) is 4.64. The number of aromatic nitrogens is 3. The van der Waals surface area contributed by atoms with Gasteiger partial charge in [0.05, 0.1) is 25.8 Å². The Morgan fingerprint density at radius 1 is 1.04 bits per heavy atom. The molecule has 6 heteroatoms. The maximum absolute atomic E-state index is 5.35. The first-order valence-electron chi connectivity index (χ1n) is 8.81. The van der Waals surface area contributed by atoms with Gasteiger partial charge in [0, 0.05) is 60.5 Å². The first kappa shape index (κ1) is 17.1. The smallest absolute Gasteiger partial charge is 0.124 e. The second-order valence-corrected chi connectivity index (χ2v) is 6.56. The largest absolute Gasteiger partial charge is 0.497 e. The lowest BCUT2D eigenvalue weighted by Crippen LogP contribution is -2.35. The lowest BCUT2D eigenvalue weighted by atomic mass is 10.0. The molecule has 1 unspecified atom stereocenters. The highest BCUT2D eigenvalue weighted by atomic mass is 16.5. The number of hydrogen-bond donors (Lipinski definition) is 1. The minimum absolute atomic E-state index is 0.167. The highest BCUT2D eigenvalue weighted by Gasteiger charge is 2.11. The van der Waals surface area contributed by atoms with Crippen molar-refractivity contribution in [2.45, 2.75) is 12.5 Å². The topological polar surface area (TPSA) is 61.2 Å². The molecule has 1 aliphatic carbocycles. The van der Waals surface area contributed by atoms with Crippen LogP contribution in [0.4, 0.5) is 5.69 Å². The second-order valence-electron chi connectivity index (χ2n) is 6.56. The molecule has 0 amide bonds. The molecule has 0 saturated heterocycles. The SMILES string of the molecule is COc1cc(NC2C=c3cc(-c4cnn(C)c4)cnc3=CC2)cc(OC)c1. The second kappa shape index (κ2) is 7.15. The number of fused-ring (bicyclic) bond motifs is 1. The molecule has 1 aliphatic rings. The Labute approximate surface area is 157 Å². The number of hydrogen-bond acceptors (Lipinski definition) is 5. The Hall–Kier alpha value is -3.28. The highest BCUT2D eigenvalue weighted by Crippen LogP contribution is 2.26. The molecule has 0 bridgehead atoms. The summed E-state index contributed by atoms with van der Waals surface area (Å²) in [7, 11) is 5.22. The van der Waals surface area contributed by atoms with E-state index in [9.17, 15) is 0 Å². The van der Waals surface area contributed by atoms with Gasteiger partial charge in [0.2, 0.25) is 0 Å². The molecular formula is C21H22N4O2. The minimum atomic E-state index is 0.167. The van der Waals surface area contributed by atoms with Gasteiger partial charge in [0.1, 0.15) is 11.5 Å². The molecule has 1 aromatic carbocycles. The first-order valence-corrected chi connectivity index (χ1v) is 8.81. The molecule has 6 nitrogen and oxygen atoms in total. The molecule has 0 aliphatic heterocycles. The number of aryl methyl sites for hydroxylation is 1. The standard InChI is InChI=1S/C21H22N4O2/c1-25-13-16(12-23-25)15-6-14-7-17(4-5-21(14)22-11-15)24-18-8-19(26-2)10-20(9-18)27-3/h5-13,17,24H,4H2,1-3H3. The van der Waals surface area contributed by atoms with Gasteiger partial charge in [-0.05, 0) is 17.7 Å². The Morgan fingerprint density at radius 2 is 1.81 bits per heavy atom. The predicted molar refractivity (Wildman–Crippen MR) is 106 cm³/mol. The van der Waals surface area contributed by atoms with Crippen LogP contribution in [0.1, 0.15) is 6.42 Å². The Balaban J connectivity index is 1.64. The Kier molecular flexibility index (Phi) is 4.54. The average Bonchev–Trinajstić information content (AvgIpc) is 3.13. The third kappa shape index (κ3) is 3.65. The number of nitrogens with one attached hydrogen (secondary N) is 1. The zero-order valence-electron chi connectivity index (χ0n) is 15.6. The van der Waals surface area contributed by atoms with Crippen LogP contribution in [0.5, 0.6) is 11.5 Å². The number of methoxy groups -OCH3 is 2. The molecule has 1 N–H and O–H groups in total. The normalized spacial score (nSPS) is 15.3. The molecule has 0 fully saturated rings.